The Morgan fingerprint density at radius 2 is 1.95 bits per heavy atom. The average molecular weight is 276 g/mol. The molecule has 1 amide bonds. The van der Waals surface area contributed by atoms with Gasteiger partial charge in [0.25, 0.3) is 0 Å². The van der Waals surface area contributed by atoms with Gasteiger partial charge in [-0.05, 0) is 23.6 Å². The SMILES string of the molecule is CCC(CC)CN1C(=O)CNC1c1ccc(OC)cc1. The predicted octanol–water partition coefficient (Wildman–Crippen LogP) is 2.56. The lowest BCUT2D eigenvalue weighted by molar-refractivity contribution is -0.128. The van der Waals surface area contributed by atoms with Crippen molar-refractivity contribution in [3.8, 4) is 5.75 Å². The molecule has 0 bridgehead atoms. The number of hydrogen-bond acceptors (Lipinski definition) is 3. The Morgan fingerprint density at radius 3 is 2.50 bits per heavy atom. The van der Waals surface area contributed by atoms with E-state index >= 15 is 0 Å². The van der Waals surface area contributed by atoms with Crippen LogP contribution in [0.25, 0.3) is 0 Å². The summed E-state index contributed by atoms with van der Waals surface area (Å²) in [5, 5.41) is 3.30. The Kier molecular flexibility index (Phi) is 5.01. The van der Waals surface area contributed by atoms with Crippen molar-refractivity contribution in [2.45, 2.75) is 32.9 Å². The van der Waals surface area contributed by atoms with Crippen molar-refractivity contribution in [3.05, 3.63) is 29.8 Å². The Bertz CT molecular complexity index is 440. The highest BCUT2D eigenvalue weighted by Crippen LogP contribution is 2.26. The summed E-state index contributed by atoms with van der Waals surface area (Å²) in [7, 11) is 1.66. The third-order valence-electron chi connectivity index (χ3n) is 4.12. The Balaban J connectivity index is 2.13. The number of carbonyl (C=O) groups excluding carboxylic acids is 1. The van der Waals surface area contributed by atoms with E-state index in [2.05, 4.69) is 19.2 Å². The minimum absolute atomic E-state index is 0.00555. The molecule has 0 aliphatic carbocycles. The second-order valence-electron chi connectivity index (χ2n) is 5.29. The fourth-order valence-corrected chi connectivity index (χ4v) is 2.66. The number of rotatable bonds is 6. The molecule has 110 valence electrons. The molecule has 1 atom stereocenters. The van der Waals surface area contributed by atoms with E-state index < -0.39 is 0 Å². The van der Waals surface area contributed by atoms with Crippen LogP contribution in [-0.2, 0) is 4.79 Å². The third-order valence-corrected chi connectivity index (χ3v) is 4.12. The van der Waals surface area contributed by atoms with Crippen LogP contribution in [0, 0.1) is 5.92 Å². The molecule has 1 aliphatic rings. The molecular formula is C16H24N2O2. The van der Waals surface area contributed by atoms with Crippen LogP contribution in [0.3, 0.4) is 0 Å². The van der Waals surface area contributed by atoms with Crippen LogP contribution in [0.1, 0.15) is 38.4 Å². The molecule has 1 saturated heterocycles. The fraction of sp³-hybridized carbons (Fsp3) is 0.562. The molecule has 0 saturated carbocycles. The van der Waals surface area contributed by atoms with E-state index in [0.717, 1.165) is 30.7 Å². The molecule has 2 rings (SSSR count). The second kappa shape index (κ2) is 6.75. The minimum Gasteiger partial charge on any atom is -0.497 e. The van der Waals surface area contributed by atoms with E-state index in [4.69, 9.17) is 4.74 Å². The van der Waals surface area contributed by atoms with Crippen LogP contribution in [-0.4, -0.2) is 31.0 Å². The van der Waals surface area contributed by atoms with Crippen molar-refractivity contribution in [1.29, 1.82) is 0 Å². The highest BCUT2D eigenvalue weighted by atomic mass is 16.5. The van der Waals surface area contributed by atoms with Crippen molar-refractivity contribution in [1.82, 2.24) is 10.2 Å². The lowest BCUT2D eigenvalue weighted by atomic mass is 10.0. The molecule has 20 heavy (non-hydrogen) atoms. The standard InChI is InChI=1S/C16H24N2O2/c1-4-12(5-2)11-18-15(19)10-17-16(18)13-6-8-14(20-3)9-7-13/h6-9,12,16-17H,4-5,10-11H2,1-3H3. The van der Waals surface area contributed by atoms with Crippen LogP contribution < -0.4 is 10.1 Å². The van der Waals surface area contributed by atoms with Gasteiger partial charge in [0.2, 0.25) is 5.91 Å². The van der Waals surface area contributed by atoms with Crippen molar-refractivity contribution >= 4 is 5.91 Å². The van der Waals surface area contributed by atoms with E-state index in [0.29, 0.717) is 12.5 Å². The van der Waals surface area contributed by atoms with Crippen molar-refractivity contribution in [2.24, 2.45) is 5.92 Å². The maximum absolute atomic E-state index is 12.1. The van der Waals surface area contributed by atoms with Gasteiger partial charge in [-0.1, -0.05) is 38.8 Å². The van der Waals surface area contributed by atoms with Gasteiger partial charge in [0.05, 0.1) is 13.7 Å². The monoisotopic (exact) mass is 276 g/mol. The van der Waals surface area contributed by atoms with Gasteiger partial charge < -0.3 is 9.64 Å². The highest BCUT2D eigenvalue weighted by Gasteiger charge is 2.32. The molecule has 1 N–H and O–H groups in total. The molecule has 1 aromatic rings. The van der Waals surface area contributed by atoms with Gasteiger partial charge in [0, 0.05) is 6.54 Å². The third kappa shape index (κ3) is 3.12. The molecule has 4 nitrogen and oxygen atoms in total. The van der Waals surface area contributed by atoms with Gasteiger partial charge in [0.15, 0.2) is 0 Å². The number of nitrogens with zero attached hydrogens (tertiary/aromatic N) is 1. The van der Waals surface area contributed by atoms with E-state index in [-0.39, 0.29) is 12.1 Å². The van der Waals surface area contributed by atoms with Crippen LogP contribution in [0.15, 0.2) is 24.3 Å². The first-order valence-electron chi connectivity index (χ1n) is 7.36. The normalized spacial score (nSPS) is 18.9. The number of nitrogens with one attached hydrogen (secondary N) is 1. The number of amides is 1. The molecule has 4 heteroatoms. The first-order chi connectivity index (χ1) is 9.69. The molecule has 0 radical (unpaired) electrons. The maximum Gasteiger partial charge on any atom is 0.238 e. The molecule has 1 heterocycles. The van der Waals surface area contributed by atoms with E-state index in [9.17, 15) is 4.79 Å². The Hall–Kier alpha value is -1.55. The summed E-state index contributed by atoms with van der Waals surface area (Å²) >= 11 is 0. The summed E-state index contributed by atoms with van der Waals surface area (Å²) in [5.41, 5.74) is 1.11. The van der Waals surface area contributed by atoms with E-state index in [1.54, 1.807) is 7.11 Å². The summed E-state index contributed by atoms with van der Waals surface area (Å²) in [6.45, 7) is 5.63. The topological polar surface area (TPSA) is 41.6 Å². The zero-order valence-electron chi connectivity index (χ0n) is 12.6. The zero-order chi connectivity index (χ0) is 14.5. The summed E-state index contributed by atoms with van der Waals surface area (Å²) in [5.74, 6) is 1.60. The maximum atomic E-state index is 12.1. The van der Waals surface area contributed by atoms with Gasteiger partial charge in [0.1, 0.15) is 11.9 Å². The van der Waals surface area contributed by atoms with Crippen molar-refractivity contribution in [2.75, 3.05) is 20.2 Å². The Labute approximate surface area is 121 Å². The number of benzene rings is 1. The van der Waals surface area contributed by atoms with Gasteiger partial charge in [-0.15, -0.1) is 0 Å². The second-order valence-corrected chi connectivity index (χ2v) is 5.29. The summed E-state index contributed by atoms with van der Waals surface area (Å²) < 4.78 is 5.18. The van der Waals surface area contributed by atoms with Crippen LogP contribution in [0.2, 0.25) is 0 Å². The van der Waals surface area contributed by atoms with Crippen LogP contribution in [0.4, 0.5) is 0 Å². The van der Waals surface area contributed by atoms with Gasteiger partial charge in [-0.3, -0.25) is 10.1 Å². The molecule has 1 fully saturated rings. The number of hydrogen-bond donors (Lipinski definition) is 1. The molecular weight excluding hydrogens is 252 g/mol. The lowest BCUT2D eigenvalue weighted by Gasteiger charge is -2.28. The molecule has 1 unspecified atom stereocenters. The molecule has 1 aliphatic heterocycles. The summed E-state index contributed by atoms with van der Waals surface area (Å²) in [4.78, 5) is 14.1. The van der Waals surface area contributed by atoms with Crippen molar-refractivity contribution < 1.29 is 9.53 Å². The first kappa shape index (κ1) is 14.9. The van der Waals surface area contributed by atoms with Crippen LogP contribution in [0.5, 0.6) is 5.75 Å². The van der Waals surface area contributed by atoms with E-state index in [1.165, 1.54) is 0 Å². The first-order valence-corrected chi connectivity index (χ1v) is 7.36. The highest BCUT2D eigenvalue weighted by molar-refractivity contribution is 5.81. The number of ether oxygens (including phenoxy) is 1. The quantitative estimate of drug-likeness (QED) is 0.868. The minimum atomic E-state index is -0.00555. The average Bonchev–Trinajstić information content (AvgIpc) is 2.85. The van der Waals surface area contributed by atoms with E-state index in [1.807, 2.05) is 29.2 Å². The van der Waals surface area contributed by atoms with Gasteiger partial charge in [-0.2, -0.15) is 0 Å². The number of carbonyl (C=O) groups is 1. The Morgan fingerprint density at radius 1 is 1.30 bits per heavy atom. The zero-order valence-corrected chi connectivity index (χ0v) is 12.6. The van der Waals surface area contributed by atoms with Gasteiger partial charge in [-0.25, -0.2) is 0 Å². The molecule has 0 aromatic heterocycles. The smallest absolute Gasteiger partial charge is 0.238 e. The summed E-state index contributed by atoms with van der Waals surface area (Å²) in [6.07, 6.45) is 2.21. The fourth-order valence-electron chi connectivity index (χ4n) is 2.66. The predicted molar refractivity (Wildman–Crippen MR) is 79.5 cm³/mol. The summed E-state index contributed by atoms with van der Waals surface area (Å²) in [6, 6.07) is 7.92. The number of methoxy groups -OCH3 is 1. The van der Waals surface area contributed by atoms with Crippen LogP contribution >= 0.6 is 0 Å². The van der Waals surface area contributed by atoms with Crippen molar-refractivity contribution in [3.63, 3.8) is 0 Å². The largest absolute Gasteiger partial charge is 0.497 e. The molecule has 1 aromatic carbocycles. The molecule has 0 spiro atoms. The van der Waals surface area contributed by atoms with Gasteiger partial charge >= 0.3 is 0 Å². The lowest BCUT2D eigenvalue weighted by Crippen LogP contribution is -2.34.